The first-order valence-electron chi connectivity index (χ1n) is 7.60. The number of Topliss-reactive ketones (excluding diaryl/α,β-unsaturated/α-hetero) is 1. The maximum atomic E-state index is 12.9. The highest BCUT2D eigenvalue weighted by Crippen LogP contribution is 2.30. The first kappa shape index (κ1) is 14.0. The van der Waals surface area contributed by atoms with Crippen molar-refractivity contribution in [3.8, 4) is 0 Å². The molecule has 2 aromatic rings. The summed E-state index contributed by atoms with van der Waals surface area (Å²) in [6.45, 7) is 0.825. The van der Waals surface area contributed by atoms with Crippen LogP contribution in [0, 0.1) is 0 Å². The predicted octanol–water partition coefficient (Wildman–Crippen LogP) is 4.22. The third-order valence-electron chi connectivity index (χ3n) is 4.10. The molecule has 0 bridgehead atoms. The van der Waals surface area contributed by atoms with Crippen LogP contribution >= 0.6 is 0 Å². The fourth-order valence-corrected chi connectivity index (χ4v) is 2.98. The molecule has 1 heterocycles. The van der Waals surface area contributed by atoms with Gasteiger partial charge in [0.1, 0.15) is 0 Å². The van der Waals surface area contributed by atoms with E-state index in [0.29, 0.717) is 0 Å². The molecule has 2 heteroatoms. The molecule has 2 nitrogen and oxygen atoms in total. The number of hydrogen-bond donors (Lipinski definition) is 0. The molecule has 2 atom stereocenters. The van der Waals surface area contributed by atoms with Crippen LogP contribution in [0.2, 0.25) is 0 Å². The first-order valence-corrected chi connectivity index (χ1v) is 7.60. The Morgan fingerprint density at radius 3 is 2.33 bits per heavy atom. The fourth-order valence-electron chi connectivity index (χ4n) is 2.98. The van der Waals surface area contributed by atoms with Crippen LogP contribution in [0.1, 0.15) is 41.1 Å². The van der Waals surface area contributed by atoms with Gasteiger partial charge in [0.25, 0.3) is 0 Å². The van der Waals surface area contributed by atoms with E-state index in [1.54, 1.807) is 0 Å². The third-order valence-corrected chi connectivity index (χ3v) is 4.10. The zero-order valence-corrected chi connectivity index (χ0v) is 12.1. The SMILES string of the molecule is O=C(c1ccccc1)C(CC1CCCO1)c1ccccc1. The van der Waals surface area contributed by atoms with E-state index in [-0.39, 0.29) is 17.8 Å². The zero-order valence-electron chi connectivity index (χ0n) is 12.1. The number of ketones is 1. The molecule has 0 radical (unpaired) electrons. The molecular formula is C19H20O2. The lowest BCUT2D eigenvalue weighted by Crippen LogP contribution is -2.19. The van der Waals surface area contributed by atoms with Crippen molar-refractivity contribution in [2.45, 2.75) is 31.3 Å². The molecule has 21 heavy (non-hydrogen) atoms. The van der Waals surface area contributed by atoms with Crippen LogP contribution in [-0.4, -0.2) is 18.5 Å². The highest BCUT2D eigenvalue weighted by Gasteiger charge is 2.27. The van der Waals surface area contributed by atoms with Gasteiger partial charge in [-0.3, -0.25) is 4.79 Å². The van der Waals surface area contributed by atoms with Crippen molar-refractivity contribution in [3.63, 3.8) is 0 Å². The Hall–Kier alpha value is -1.93. The Morgan fingerprint density at radius 1 is 1.05 bits per heavy atom. The first-order chi connectivity index (χ1) is 10.3. The lowest BCUT2D eigenvalue weighted by atomic mass is 9.86. The molecule has 0 amide bonds. The van der Waals surface area contributed by atoms with Gasteiger partial charge in [-0.1, -0.05) is 60.7 Å². The molecule has 0 aliphatic carbocycles. The summed E-state index contributed by atoms with van der Waals surface area (Å²) in [5.41, 5.74) is 1.87. The number of carbonyl (C=O) groups excluding carboxylic acids is 1. The normalized spacial score (nSPS) is 19.3. The minimum Gasteiger partial charge on any atom is -0.378 e. The summed E-state index contributed by atoms with van der Waals surface area (Å²) in [7, 11) is 0. The number of hydrogen-bond acceptors (Lipinski definition) is 2. The highest BCUT2D eigenvalue weighted by molar-refractivity contribution is 6.00. The smallest absolute Gasteiger partial charge is 0.170 e. The van der Waals surface area contributed by atoms with Crippen molar-refractivity contribution >= 4 is 5.78 Å². The van der Waals surface area contributed by atoms with Crippen molar-refractivity contribution in [3.05, 3.63) is 71.8 Å². The quantitative estimate of drug-likeness (QED) is 0.766. The molecule has 3 rings (SSSR count). The second kappa shape index (κ2) is 6.68. The average molecular weight is 280 g/mol. The Morgan fingerprint density at radius 2 is 1.71 bits per heavy atom. The van der Waals surface area contributed by atoms with Gasteiger partial charge >= 0.3 is 0 Å². The summed E-state index contributed by atoms with van der Waals surface area (Å²) in [4.78, 5) is 12.9. The van der Waals surface area contributed by atoms with Crippen LogP contribution in [0.25, 0.3) is 0 Å². The maximum absolute atomic E-state index is 12.9. The summed E-state index contributed by atoms with van der Waals surface area (Å²) in [6, 6.07) is 19.6. The third kappa shape index (κ3) is 3.40. The van der Waals surface area contributed by atoms with Crippen molar-refractivity contribution in [1.82, 2.24) is 0 Å². The highest BCUT2D eigenvalue weighted by atomic mass is 16.5. The second-order valence-electron chi connectivity index (χ2n) is 5.56. The average Bonchev–Trinajstić information content (AvgIpc) is 3.07. The maximum Gasteiger partial charge on any atom is 0.170 e. The monoisotopic (exact) mass is 280 g/mol. The summed E-state index contributed by atoms with van der Waals surface area (Å²) in [5.74, 6) is 0.0778. The van der Waals surface area contributed by atoms with Crippen LogP contribution in [0.5, 0.6) is 0 Å². The van der Waals surface area contributed by atoms with Crippen molar-refractivity contribution < 1.29 is 9.53 Å². The van der Waals surface area contributed by atoms with Gasteiger partial charge in [0.15, 0.2) is 5.78 Å². The molecule has 0 N–H and O–H groups in total. The van der Waals surface area contributed by atoms with E-state index in [1.165, 1.54) is 0 Å². The molecular weight excluding hydrogens is 260 g/mol. The van der Waals surface area contributed by atoms with Gasteiger partial charge in [0.2, 0.25) is 0 Å². The number of ether oxygens (including phenoxy) is 1. The van der Waals surface area contributed by atoms with E-state index in [1.807, 2.05) is 60.7 Å². The molecule has 0 saturated carbocycles. The Bertz CT molecular complexity index is 571. The van der Waals surface area contributed by atoms with Crippen molar-refractivity contribution in [1.29, 1.82) is 0 Å². The molecule has 0 aromatic heterocycles. The van der Waals surface area contributed by atoms with E-state index in [4.69, 9.17) is 4.74 Å². The molecule has 1 aliphatic rings. The number of carbonyl (C=O) groups is 1. The number of rotatable bonds is 5. The van der Waals surface area contributed by atoms with Gasteiger partial charge < -0.3 is 4.74 Å². The van der Waals surface area contributed by atoms with Crippen molar-refractivity contribution in [2.24, 2.45) is 0 Å². The van der Waals surface area contributed by atoms with E-state index in [9.17, 15) is 4.79 Å². The summed E-state index contributed by atoms with van der Waals surface area (Å²) in [6.07, 6.45) is 3.15. The number of benzene rings is 2. The topological polar surface area (TPSA) is 26.3 Å². The van der Waals surface area contributed by atoms with Gasteiger partial charge in [-0.05, 0) is 24.8 Å². The molecule has 0 spiro atoms. The summed E-state index contributed by atoms with van der Waals surface area (Å²) in [5, 5.41) is 0. The van der Waals surface area contributed by atoms with E-state index in [0.717, 1.165) is 37.0 Å². The van der Waals surface area contributed by atoms with Gasteiger partial charge in [-0.15, -0.1) is 0 Å². The largest absolute Gasteiger partial charge is 0.378 e. The van der Waals surface area contributed by atoms with Crippen LogP contribution in [-0.2, 0) is 4.74 Å². The van der Waals surface area contributed by atoms with Gasteiger partial charge in [0.05, 0.1) is 6.10 Å². The van der Waals surface area contributed by atoms with Crippen LogP contribution in [0.3, 0.4) is 0 Å². The Kier molecular flexibility index (Phi) is 4.46. The van der Waals surface area contributed by atoms with Crippen LogP contribution < -0.4 is 0 Å². The van der Waals surface area contributed by atoms with Crippen LogP contribution in [0.4, 0.5) is 0 Å². The van der Waals surface area contributed by atoms with Gasteiger partial charge in [-0.2, -0.15) is 0 Å². The molecule has 1 fully saturated rings. The standard InChI is InChI=1S/C19H20O2/c20-19(16-10-5-2-6-11-16)18(14-17-12-7-13-21-17)15-8-3-1-4-9-15/h1-6,8-11,17-18H,7,12-14H2. The molecule has 108 valence electrons. The Balaban J connectivity index is 1.86. The van der Waals surface area contributed by atoms with E-state index < -0.39 is 0 Å². The lowest BCUT2D eigenvalue weighted by molar-refractivity contribution is 0.0808. The van der Waals surface area contributed by atoms with Crippen LogP contribution in [0.15, 0.2) is 60.7 Å². The predicted molar refractivity (Wildman–Crippen MR) is 83.5 cm³/mol. The van der Waals surface area contributed by atoms with Gasteiger partial charge in [-0.25, -0.2) is 0 Å². The summed E-state index contributed by atoms with van der Waals surface area (Å²) >= 11 is 0. The van der Waals surface area contributed by atoms with Crippen molar-refractivity contribution in [2.75, 3.05) is 6.61 Å². The van der Waals surface area contributed by atoms with Gasteiger partial charge in [0, 0.05) is 18.1 Å². The van der Waals surface area contributed by atoms with E-state index >= 15 is 0 Å². The molecule has 1 saturated heterocycles. The zero-order chi connectivity index (χ0) is 14.5. The molecule has 1 aliphatic heterocycles. The summed E-state index contributed by atoms with van der Waals surface area (Å²) < 4.78 is 5.74. The minimum atomic E-state index is -0.114. The molecule has 2 aromatic carbocycles. The second-order valence-corrected chi connectivity index (χ2v) is 5.56. The fraction of sp³-hybridized carbons (Fsp3) is 0.316. The minimum absolute atomic E-state index is 0.114. The Labute approximate surface area is 125 Å². The van der Waals surface area contributed by atoms with E-state index in [2.05, 4.69) is 0 Å². The lowest BCUT2D eigenvalue weighted by Gasteiger charge is -2.20. The molecule has 2 unspecified atom stereocenters.